The van der Waals surface area contributed by atoms with Crippen LogP contribution >= 0.6 is 0 Å². The summed E-state index contributed by atoms with van der Waals surface area (Å²) in [4.78, 5) is 1.70. The number of rotatable bonds is 4. The first-order valence-corrected chi connectivity index (χ1v) is 6.38. The molecule has 0 aliphatic rings. The van der Waals surface area contributed by atoms with Crippen molar-refractivity contribution in [1.82, 2.24) is 0 Å². The van der Waals surface area contributed by atoms with Gasteiger partial charge in [0.25, 0.3) is 0 Å². The quantitative estimate of drug-likeness (QED) is 0.934. The molecule has 21 heavy (non-hydrogen) atoms. The lowest BCUT2D eigenvalue weighted by atomic mass is 10.1. The Kier molecular flexibility index (Phi) is 4.27. The van der Waals surface area contributed by atoms with Crippen molar-refractivity contribution in [1.29, 1.82) is 0 Å². The van der Waals surface area contributed by atoms with Crippen LogP contribution in [-0.2, 0) is 19.3 Å². The first-order chi connectivity index (χ1) is 9.82. The predicted molar refractivity (Wildman–Crippen MR) is 72.9 cm³/mol. The average molecular weight is 299 g/mol. The van der Waals surface area contributed by atoms with Gasteiger partial charge in [0, 0.05) is 24.8 Å². The monoisotopic (exact) mass is 299 g/mol. The Morgan fingerprint density at radius 1 is 1.19 bits per heavy atom. The fraction of sp³-hybridized carbons (Fsp3) is 0.333. The van der Waals surface area contributed by atoms with Gasteiger partial charge in [0.15, 0.2) is 0 Å². The molecule has 1 aromatic heterocycles. The summed E-state index contributed by atoms with van der Waals surface area (Å²) >= 11 is 0. The molecule has 0 bridgehead atoms. The molecule has 0 fully saturated rings. The second-order valence-electron chi connectivity index (χ2n) is 4.86. The normalized spacial score (nSPS) is 11.7. The van der Waals surface area contributed by atoms with Crippen molar-refractivity contribution in [3.8, 4) is 0 Å². The van der Waals surface area contributed by atoms with E-state index in [0.29, 0.717) is 12.2 Å². The molecule has 0 aliphatic carbocycles. The minimum atomic E-state index is -4.49. The molecule has 0 saturated heterocycles. The molecular formula is C15H16F3NO2. The Morgan fingerprint density at radius 2 is 1.90 bits per heavy atom. The first-order valence-electron chi connectivity index (χ1n) is 6.38. The number of halogens is 3. The summed E-state index contributed by atoms with van der Waals surface area (Å²) in [5.74, 6) is 0.741. The number of hydrogen-bond acceptors (Lipinski definition) is 3. The third-order valence-corrected chi connectivity index (χ3v) is 3.38. The highest BCUT2D eigenvalue weighted by Gasteiger charge is 2.33. The van der Waals surface area contributed by atoms with Crippen molar-refractivity contribution >= 4 is 5.69 Å². The summed E-state index contributed by atoms with van der Waals surface area (Å²) in [7, 11) is 1.71. The zero-order valence-electron chi connectivity index (χ0n) is 11.7. The molecule has 114 valence electrons. The van der Waals surface area contributed by atoms with E-state index in [1.807, 2.05) is 0 Å². The predicted octanol–water partition coefficient (Wildman–Crippen LogP) is 3.74. The lowest BCUT2D eigenvalue weighted by Crippen LogP contribution is -2.18. The van der Waals surface area contributed by atoms with Crippen molar-refractivity contribution in [3.05, 3.63) is 53.0 Å². The molecular weight excluding hydrogens is 283 g/mol. The number of furan rings is 1. The van der Waals surface area contributed by atoms with Gasteiger partial charge in [-0.25, -0.2) is 0 Å². The standard InChI is InChI=1S/C15H16F3NO2/c1-10-11(5-6-21-10)8-19(2)13-4-3-12(9-20)14(7-13)15(16,17)18/h3-7,20H,8-9H2,1-2H3. The van der Waals surface area contributed by atoms with Gasteiger partial charge in [0.05, 0.1) is 18.4 Å². The highest BCUT2D eigenvalue weighted by molar-refractivity contribution is 5.51. The van der Waals surface area contributed by atoms with E-state index in [0.717, 1.165) is 17.4 Å². The Labute approximate surface area is 120 Å². The molecule has 6 heteroatoms. The highest BCUT2D eigenvalue weighted by Crippen LogP contribution is 2.34. The Morgan fingerprint density at radius 3 is 2.43 bits per heavy atom. The topological polar surface area (TPSA) is 36.6 Å². The summed E-state index contributed by atoms with van der Waals surface area (Å²) < 4.78 is 44.1. The van der Waals surface area contributed by atoms with Crippen molar-refractivity contribution in [2.45, 2.75) is 26.3 Å². The first kappa shape index (κ1) is 15.4. The van der Waals surface area contributed by atoms with Crippen LogP contribution in [-0.4, -0.2) is 12.2 Å². The van der Waals surface area contributed by atoms with E-state index >= 15 is 0 Å². The fourth-order valence-electron chi connectivity index (χ4n) is 2.13. The average Bonchev–Trinajstić information content (AvgIpc) is 2.82. The van der Waals surface area contributed by atoms with Gasteiger partial charge in [0.2, 0.25) is 0 Å². The van der Waals surface area contributed by atoms with E-state index in [2.05, 4.69) is 0 Å². The molecule has 0 atom stereocenters. The van der Waals surface area contributed by atoms with Gasteiger partial charge < -0.3 is 14.4 Å². The van der Waals surface area contributed by atoms with E-state index in [1.54, 1.807) is 37.3 Å². The van der Waals surface area contributed by atoms with E-state index < -0.39 is 18.3 Å². The van der Waals surface area contributed by atoms with Crippen LogP contribution in [0.3, 0.4) is 0 Å². The maximum absolute atomic E-state index is 13.0. The van der Waals surface area contributed by atoms with Crippen LogP contribution < -0.4 is 4.90 Å². The van der Waals surface area contributed by atoms with Crippen molar-refractivity contribution in [2.75, 3.05) is 11.9 Å². The van der Waals surface area contributed by atoms with Gasteiger partial charge in [-0.05, 0) is 30.7 Å². The molecule has 2 rings (SSSR count). The summed E-state index contributed by atoms with van der Waals surface area (Å²) in [6.45, 7) is 1.61. The molecule has 1 heterocycles. The third kappa shape index (κ3) is 3.39. The van der Waals surface area contributed by atoms with Crippen LogP contribution in [0.15, 0.2) is 34.9 Å². The van der Waals surface area contributed by atoms with Crippen LogP contribution in [0.4, 0.5) is 18.9 Å². The number of anilines is 1. The molecule has 1 N–H and O–H groups in total. The summed E-state index contributed by atoms with van der Waals surface area (Å²) in [5, 5.41) is 9.03. The number of benzene rings is 1. The largest absolute Gasteiger partial charge is 0.469 e. The molecule has 3 nitrogen and oxygen atoms in total. The van der Waals surface area contributed by atoms with Gasteiger partial charge in [-0.15, -0.1) is 0 Å². The van der Waals surface area contributed by atoms with Crippen LogP contribution in [0.1, 0.15) is 22.5 Å². The van der Waals surface area contributed by atoms with Gasteiger partial charge in [-0.3, -0.25) is 0 Å². The Hall–Kier alpha value is -1.95. The van der Waals surface area contributed by atoms with Crippen molar-refractivity contribution in [2.24, 2.45) is 0 Å². The molecule has 1 aromatic carbocycles. The minimum absolute atomic E-state index is 0.126. The zero-order valence-corrected chi connectivity index (χ0v) is 11.7. The summed E-state index contributed by atoms with van der Waals surface area (Å²) in [5.41, 5.74) is 0.412. The lowest BCUT2D eigenvalue weighted by Gasteiger charge is -2.21. The van der Waals surface area contributed by atoms with Crippen LogP contribution in [0.2, 0.25) is 0 Å². The SMILES string of the molecule is Cc1occc1CN(C)c1ccc(CO)c(C(F)(F)F)c1. The maximum Gasteiger partial charge on any atom is 0.416 e. The Bertz CT molecular complexity index is 620. The number of aliphatic hydroxyl groups excluding tert-OH is 1. The van der Waals surface area contributed by atoms with E-state index in [-0.39, 0.29) is 5.56 Å². The lowest BCUT2D eigenvalue weighted by molar-refractivity contribution is -0.138. The van der Waals surface area contributed by atoms with Crippen LogP contribution in [0.25, 0.3) is 0 Å². The highest BCUT2D eigenvalue weighted by atomic mass is 19.4. The van der Waals surface area contributed by atoms with Gasteiger partial charge >= 0.3 is 6.18 Å². The van der Waals surface area contributed by atoms with Gasteiger partial charge in [0.1, 0.15) is 5.76 Å². The smallest absolute Gasteiger partial charge is 0.416 e. The van der Waals surface area contributed by atoms with E-state index in [4.69, 9.17) is 9.52 Å². The zero-order chi connectivity index (χ0) is 15.6. The number of nitrogens with zero attached hydrogens (tertiary/aromatic N) is 1. The number of aryl methyl sites for hydroxylation is 1. The molecule has 0 amide bonds. The molecule has 0 unspecified atom stereocenters. The van der Waals surface area contributed by atoms with Crippen molar-refractivity contribution < 1.29 is 22.7 Å². The molecule has 0 radical (unpaired) electrons. The second kappa shape index (κ2) is 5.81. The second-order valence-corrected chi connectivity index (χ2v) is 4.86. The summed E-state index contributed by atoms with van der Waals surface area (Å²) in [6, 6.07) is 5.71. The maximum atomic E-state index is 13.0. The Balaban J connectivity index is 2.30. The van der Waals surface area contributed by atoms with Crippen LogP contribution in [0.5, 0.6) is 0 Å². The number of aliphatic hydroxyl groups is 1. The fourth-order valence-corrected chi connectivity index (χ4v) is 2.13. The molecule has 0 aliphatic heterocycles. The molecule has 0 spiro atoms. The minimum Gasteiger partial charge on any atom is -0.469 e. The van der Waals surface area contributed by atoms with Crippen LogP contribution in [0, 0.1) is 6.92 Å². The van der Waals surface area contributed by atoms with E-state index in [1.165, 1.54) is 6.07 Å². The number of hydrogen-bond donors (Lipinski definition) is 1. The third-order valence-electron chi connectivity index (χ3n) is 3.38. The van der Waals surface area contributed by atoms with Gasteiger partial charge in [-0.1, -0.05) is 6.07 Å². The summed E-state index contributed by atoms with van der Waals surface area (Å²) in [6.07, 6.45) is -2.94. The van der Waals surface area contributed by atoms with Crippen molar-refractivity contribution in [3.63, 3.8) is 0 Å². The number of alkyl halides is 3. The van der Waals surface area contributed by atoms with Gasteiger partial charge in [-0.2, -0.15) is 13.2 Å². The molecule has 0 saturated carbocycles. The molecule has 2 aromatic rings. The van der Waals surface area contributed by atoms with E-state index in [9.17, 15) is 13.2 Å².